The molecule has 1 aromatic rings. The third-order valence-corrected chi connectivity index (χ3v) is 5.34. The van der Waals surface area contributed by atoms with E-state index in [1.165, 1.54) is 29.0 Å². The van der Waals surface area contributed by atoms with Crippen LogP contribution in [0.15, 0.2) is 58.5 Å². The van der Waals surface area contributed by atoms with Crippen LogP contribution < -0.4 is 16.0 Å². The highest BCUT2D eigenvalue weighted by Crippen LogP contribution is 2.27. The van der Waals surface area contributed by atoms with Gasteiger partial charge >= 0.3 is 5.97 Å². The Labute approximate surface area is 168 Å². The van der Waals surface area contributed by atoms with Crippen LogP contribution in [-0.4, -0.2) is 47.6 Å². The number of nitrogens with zero attached hydrogens (tertiary/aromatic N) is 2. The number of anilines is 1. The number of halogens is 1. The minimum Gasteiger partial charge on any atom is -0.481 e. The van der Waals surface area contributed by atoms with Gasteiger partial charge in [0.15, 0.2) is 0 Å². The largest absolute Gasteiger partial charge is 0.481 e. The number of carbonyl (C=O) groups is 1. The Morgan fingerprint density at radius 1 is 1.41 bits per heavy atom. The average molecular weight is 397 g/mol. The maximum absolute atomic E-state index is 14.1. The van der Waals surface area contributed by atoms with Gasteiger partial charge in [0.1, 0.15) is 5.82 Å². The number of allylic oxidation sites excluding steroid dienone is 1. The number of nitrogens with one attached hydrogen (secondary N) is 3. The van der Waals surface area contributed by atoms with E-state index >= 15 is 0 Å². The second-order valence-corrected chi connectivity index (χ2v) is 7.38. The standard InChI is InChI=1S/C21H24FN5O2/c1-13-4-6-23-11-19(13)27-7-5-15-10-24-21(26-18(15)12-27)25-16-3-2-14(8-20(28)29)17(22)9-16/h2-4,9-11,18,23H,5-8,12H2,1H3,(H,28,29)(H2,24,25,26). The molecular formula is C21H24FN5O2. The van der Waals surface area contributed by atoms with Crippen molar-refractivity contribution < 1.29 is 14.3 Å². The molecule has 0 aliphatic carbocycles. The summed E-state index contributed by atoms with van der Waals surface area (Å²) in [7, 11) is 0. The minimum absolute atomic E-state index is 0.0271. The zero-order valence-corrected chi connectivity index (χ0v) is 16.2. The molecule has 3 aliphatic heterocycles. The summed E-state index contributed by atoms with van der Waals surface area (Å²) < 4.78 is 14.1. The Balaban J connectivity index is 1.45. The Hall–Kier alpha value is -3.29. The van der Waals surface area contributed by atoms with Crippen LogP contribution in [0.2, 0.25) is 0 Å². The van der Waals surface area contributed by atoms with Gasteiger partial charge in [-0.25, -0.2) is 9.38 Å². The number of aliphatic imine (C=N–C) groups is 1. The second kappa shape index (κ2) is 7.98. The fourth-order valence-corrected chi connectivity index (χ4v) is 3.78. The molecular weight excluding hydrogens is 373 g/mol. The van der Waals surface area contributed by atoms with Crippen molar-refractivity contribution in [3.05, 3.63) is 64.9 Å². The number of guanidine groups is 1. The van der Waals surface area contributed by atoms with Crippen LogP contribution in [0.4, 0.5) is 10.1 Å². The molecule has 1 atom stereocenters. The molecule has 0 spiro atoms. The lowest BCUT2D eigenvalue weighted by atomic mass is 9.97. The van der Waals surface area contributed by atoms with Gasteiger partial charge in [0, 0.05) is 37.7 Å². The van der Waals surface area contributed by atoms with Crippen molar-refractivity contribution in [3.8, 4) is 0 Å². The highest BCUT2D eigenvalue weighted by Gasteiger charge is 2.28. The van der Waals surface area contributed by atoms with Crippen LogP contribution in [0.1, 0.15) is 18.9 Å². The molecule has 0 amide bonds. The molecule has 152 valence electrons. The van der Waals surface area contributed by atoms with E-state index in [9.17, 15) is 9.18 Å². The van der Waals surface area contributed by atoms with Crippen LogP contribution in [-0.2, 0) is 11.2 Å². The topological polar surface area (TPSA) is 89.0 Å². The zero-order chi connectivity index (χ0) is 20.4. The molecule has 1 fully saturated rings. The monoisotopic (exact) mass is 397 g/mol. The van der Waals surface area contributed by atoms with Gasteiger partial charge in [-0.1, -0.05) is 12.1 Å². The molecule has 29 heavy (non-hydrogen) atoms. The highest BCUT2D eigenvalue weighted by molar-refractivity contribution is 5.95. The molecule has 8 heteroatoms. The normalized spacial score (nSPS) is 20.9. The van der Waals surface area contributed by atoms with Crippen LogP contribution >= 0.6 is 0 Å². The third kappa shape index (κ3) is 4.26. The summed E-state index contributed by atoms with van der Waals surface area (Å²) in [6.45, 7) is 4.70. The first kappa shape index (κ1) is 19.0. The van der Waals surface area contributed by atoms with Crippen molar-refractivity contribution in [2.24, 2.45) is 4.99 Å². The Kier molecular flexibility index (Phi) is 5.24. The third-order valence-electron chi connectivity index (χ3n) is 5.34. The van der Waals surface area contributed by atoms with Crippen LogP contribution in [0.25, 0.3) is 0 Å². The molecule has 7 nitrogen and oxygen atoms in total. The number of carboxylic acids is 1. The number of dihydropyridines is 1. The predicted molar refractivity (Wildman–Crippen MR) is 110 cm³/mol. The van der Waals surface area contributed by atoms with Crippen LogP contribution in [0.3, 0.4) is 0 Å². The maximum Gasteiger partial charge on any atom is 0.307 e. The predicted octanol–water partition coefficient (Wildman–Crippen LogP) is 2.17. The van der Waals surface area contributed by atoms with E-state index in [2.05, 4.69) is 40.0 Å². The number of fused-ring (bicyclic) bond motifs is 1. The zero-order valence-electron chi connectivity index (χ0n) is 16.2. The molecule has 3 heterocycles. The lowest BCUT2D eigenvalue weighted by molar-refractivity contribution is -0.136. The Morgan fingerprint density at radius 3 is 3.03 bits per heavy atom. The van der Waals surface area contributed by atoms with Crippen molar-refractivity contribution >= 4 is 17.6 Å². The van der Waals surface area contributed by atoms with E-state index in [0.29, 0.717) is 11.6 Å². The SMILES string of the molecule is CC1=CCNC=C1N1CCC2=CNC(Nc3ccc(CC(=O)O)c(F)c3)=NC2C1. The number of hydrogen-bond acceptors (Lipinski definition) is 6. The summed E-state index contributed by atoms with van der Waals surface area (Å²) in [5, 5.41) is 18.3. The summed E-state index contributed by atoms with van der Waals surface area (Å²) in [6, 6.07) is 4.46. The van der Waals surface area contributed by atoms with Crippen molar-refractivity contribution in [2.75, 3.05) is 25.0 Å². The van der Waals surface area contributed by atoms with Gasteiger partial charge in [-0.05, 0) is 42.2 Å². The first-order valence-corrected chi connectivity index (χ1v) is 9.66. The molecule has 0 saturated carbocycles. The fourth-order valence-electron chi connectivity index (χ4n) is 3.78. The van der Waals surface area contributed by atoms with Crippen LogP contribution in [0, 0.1) is 5.82 Å². The smallest absolute Gasteiger partial charge is 0.307 e. The molecule has 0 aromatic heterocycles. The summed E-state index contributed by atoms with van der Waals surface area (Å²) in [4.78, 5) is 17.9. The first-order valence-electron chi connectivity index (χ1n) is 9.66. The number of carboxylic acid groups (broad SMARTS) is 1. The first-order chi connectivity index (χ1) is 14.0. The van der Waals surface area contributed by atoms with Gasteiger partial charge in [0.25, 0.3) is 0 Å². The Bertz CT molecular complexity index is 950. The molecule has 4 rings (SSSR count). The fraction of sp³-hybridized carbons (Fsp3) is 0.333. The number of rotatable bonds is 4. The number of piperidine rings is 1. The van der Waals surface area contributed by atoms with E-state index < -0.39 is 11.8 Å². The van der Waals surface area contributed by atoms with Crippen LogP contribution in [0.5, 0.6) is 0 Å². The molecule has 3 aliphatic rings. The summed E-state index contributed by atoms with van der Waals surface area (Å²) in [5.74, 6) is -1.06. The molecule has 1 saturated heterocycles. The average Bonchev–Trinajstić information content (AvgIpc) is 2.70. The van der Waals surface area contributed by atoms with Gasteiger partial charge in [0.2, 0.25) is 5.96 Å². The number of likely N-dealkylation sites (tertiary alicyclic amines) is 1. The van der Waals surface area contributed by atoms with Crippen molar-refractivity contribution in [3.63, 3.8) is 0 Å². The number of aliphatic carboxylic acids is 1. The summed E-state index contributed by atoms with van der Waals surface area (Å²) in [6.07, 6.45) is 6.81. The van der Waals surface area contributed by atoms with Crippen molar-refractivity contribution in [1.29, 1.82) is 0 Å². The van der Waals surface area contributed by atoms with E-state index in [-0.39, 0.29) is 18.0 Å². The van der Waals surface area contributed by atoms with E-state index in [4.69, 9.17) is 10.1 Å². The molecule has 1 unspecified atom stereocenters. The van der Waals surface area contributed by atoms with E-state index in [1.807, 2.05) is 6.20 Å². The molecule has 1 aromatic carbocycles. The number of benzene rings is 1. The van der Waals surface area contributed by atoms with Gasteiger partial charge in [-0.2, -0.15) is 0 Å². The molecule has 0 radical (unpaired) electrons. The lowest BCUT2D eigenvalue weighted by Crippen LogP contribution is -2.44. The maximum atomic E-state index is 14.1. The van der Waals surface area contributed by atoms with Gasteiger partial charge in [-0.15, -0.1) is 0 Å². The molecule has 0 bridgehead atoms. The van der Waals surface area contributed by atoms with Gasteiger partial charge in [-0.3, -0.25) is 4.79 Å². The van der Waals surface area contributed by atoms with Gasteiger partial charge < -0.3 is 26.0 Å². The van der Waals surface area contributed by atoms with E-state index in [0.717, 1.165) is 26.1 Å². The minimum atomic E-state index is -1.06. The second-order valence-electron chi connectivity index (χ2n) is 7.38. The highest BCUT2D eigenvalue weighted by atomic mass is 19.1. The lowest BCUT2D eigenvalue weighted by Gasteiger charge is -2.38. The number of hydrogen-bond donors (Lipinski definition) is 4. The van der Waals surface area contributed by atoms with Crippen molar-refractivity contribution in [2.45, 2.75) is 25.8 Å². The molecule has 4 N–H and O–H groups in total. The summed E-state index contributed by atoms with van der Waals surface area (Å²) in [5.41, 5.74) is 4.40. The quantitative estimate of drug-likeness (QED) is 0.623. The summed E-state index contributed by atoms with van der Waals surface area (Å²) >= 11 is 0. The van der Waals surface area contributed by atoms with Gasteiger partial charge in [0.05, 0.1) is 18.2 Å². The van der Waals surface area contributed by atoms with E-state index in [1.54, 1.807) is 6.07 Å². The van der Waals surface area contributed by atoms with Crippen molar-refractivity contribution in [1.82, 2.24) is 15.5 Å². The Morgan fingerprint density at radius 2 is 2.28 bits per heavy atom.